The number of nitrogens with one attached hydrogen (secondary N) is 1. The first-order chi connectivity index (χ1) is 10.2. The number of hydrogen-bond acceptors (Lipinski definition) is 4. The Morgan fingerprint density at radius 3 is 2.05 bits per heavy atom. The first kappa shape index (κ1) is 14.4. The summed E-state index contributed by atoms with van der Waals surface area (Å²) in [4.78, 5) is 32.2. The standard InChI is InChI=1S/C14H15N5O2/c15-13(20)19(10-12-3-7-17-8-4-12)14(21)18-9-11-1-5-16-6-2-11/h1-8H,9-10H2,(H2,15,20)(H,18,21). The minimum atomic E-state index is -0.806. The van der Waals surface area contributed by atoms with Crippen LogP contribution in [0.4, 0.5) is 9.59 Å². The van der Waals surface area contributed by atoms with Gasteiger partial charge in [0.05, 0.1) is 6.54 Å². The number of imide groups is 1. The van der Waals surface area contributed by atoms with Gasteiger partial charge in [0, 0.05) is 31.3 Å². The number of hydrogen-bond donors (Lipinski definition) is 2. The van der Waals surface area contributed by atoms with E-state index >= 15 is 0 Å². The van der Waals surface area contributed by atoms with Crippen molar-refractivity contribution >= 4 is 12.1 Å². The molecule has 0 aliphatic heterocycles. The molecule has 0 aliphatic rings. The molecule has 2 heterocycles. The second-order valence-corrected chi connectivity index (χ2v) is 4.29. The van der Waals surface area contributed by atoms with Crippen molar-refractivity contribution in [3.63, 3.8) is 0 Å². The van der Waals surface area contributed by atoms with E-state index in [1.54, 1.807) is 49.1 Å². The van der Waals surface area contributed by atoms with E-state index in [1.807, 2.05) is 0 Å². The summed E-state index contributed by atoms with van der Waals surface area (Å²) in [5.74, 6) is 0. The molecule has 7 nitrogen and oxygen atoms in total. The topological polar surface area (TPSA) is 101 Å². The average Bonchev–Trinajstić information content (AvgIpc) is 2.52. The molecule has 21 heavy (non-hydrogen) atoms. The Morgan fingerprint density at radius 1 is 1.00 bits per heavy atom. The number of primary amides is 1. The molecule has 0 aliphatic carbocycles. The van der Waals surface area contributed by atoms with Gasteiger partial charge in [-0.25, -0.2) is 14.5 Å². The van der Waals surface area contributed by atoms with Crippen molar-refractivity contribution in [2.75, 3.05) is 0 Å². The molecule has 3 N–H and O–H groups in total. The van der Waals surface area contributed by atoms with Crippen LogP contribution in [-0.4, -0.2) is 26.9 Å². The van der Waals surface area contributed by atoms with Crippen LogP contribution in [0.15, 0.2) is 49.1 Å². The Kier molecular flexibility index (Phi) is 4.81. The van der Waals surface area contributed by atoms with Crippen molar-refractivity contribution in [2.24, 2.45) is 5.73 Å². The molecule has 2 rings (SSSR count). The molecular formula is C14H15N5O2. The molecule has 0 radical (unpaired) electrons. The highest BCUT2D eigenvalue weighted by molar-refractivity contribution is 5.92. The molecule has 0 aromatic carbocycles. The zero-order chi connectivity index (χ0) is 15.1. The monoisotopic (exact) mass is 285 g/mol. The van der Waals surface area contributed by atoms with Gasteiger partial charge in [-0.3, -0.25) is 9.97 Å². The first-order valence-electron chi connectivity index (χ1n) is 6.29. The fourth-order valence-corrected chi connectivity index (χ4v) is 1.69. The zero-order valence-electron chi connectivity index (χ0n) is 11.3. The average molecular weight is 285 g/mol. The molecule has 0 saturated carbocycles. The SMILES string of the molecule is NC(=O)N(Cc1ccncc1)C(=O)NCc1ccncc1. The summed E-state index contributed by atoms with van der Waals surface area (Å²) in [6, 6.07) is 5.63. The molecule has 0 spiro atoms. The number of carbonyl (C=O) groups excluding carboxylic acids is 2. The minimum Gasteiger partial charge on any atom is -0.351 e. The van der Waals surface area contributed by atoms with Crippen LogP contribution >= 0.6 is 0 Å². The lowest BCUT2D eigenvalue weighted by molar-refractivity contribution is 0.189. The van der Waals surface area contributed by atoms with E-state index in [0.29, 0.717) is 6.54 Å². The van der Waals surface area contributed by atoms with Crippen LogP contribution in [0.3, 0.4) is 0 Å². The maximum absolute atomic E-state index is 12.0. The number of rotatable bonds is 4. The van der Waals surface area contributed by atoms with Gasteiger partial charge >= 0.3 is 12.1 Å². The summed E-state index contributed by atoms with van der Waals surface area (Å²) in [5.41, 5.74) is 6.90. The van der Waals surface area contributed by atoms with Crippen LogP contribution in [0.5, 0.6) is 0 Å². The van der Waals surface area contributed by atoms with E-state index in [-0.39, 0.29) is 6.54 Å². The zero-order valence-corrected chi connectivity index (χ0v) is 11.3. The molecule has 0 bridgehead atoms. The molecule has 7 heteroatoms. The summed E-state index contributed by atoms with van der Waals surface area (Å²) in [5, 5.41) is 2.64. The molecule has 0 unspecified atom stereocenters. The van der Waals surface area contributed by atoms with Crippen molar-refractivity contribution in [1.29, 1.82) is 0 Å². The van der Waals surface area contributed by atoms with Gasteiger partial charge in [-0.05, 0) is 35.4 Å². The van der Waals surface area contributed by atoms with Gasteiger partial charge in [0.15, 0.2) is 0 Å². The van der Waals surface area contributed by atoms with Crippen LogP contribution in [0.25, 0.3) is 0 Å². The third-order valence-electron chi connectivity index (χ3n) is 2.79. The predicted octanol–water partition coefficient (Wildman–Crippen LogP) is 1.27. The third-order valence-corrected chi connectivity index (χ3v) is 2.79. The highest BCUT2D eigenvalue weighted by Gasteiger charge is 2.18. The van der Waals surface area contributed by atoms with Gasteiger partial charge in [0.1, 0.15) is 0 Å². The van der Waals surface area contributed by atoms with Crippen LogP contribution in [0, 0.1) is 0 Å². The molecule has 0 saturated heterocycles. The Labute approximate surface area is 121 Å². The normalized spacial score (nSPS) is 9.90. The molecule has 108 valence electrons. The molecular weight excluding hydrogens is 270 g/mol. The van der Waals surface area contributed by atoms with E-state index in [0.717, 1.165) is 16.0 Å². The number of pyridine rings is 2. The van der Waals surface area contributed by atoms with Crippen molar-refractivity contribution in [3.05, 3.63) is 60.2 Å². The summed E-state index contributed by atoms with van der Waals surface area (Å²) < 4.78 is 0. The Hall–Kier alpha value is -2.96. The highest BCUT2D eigenvalue weighted by Crippen LogP contribution is 2.04. The second kappa shape index (κ2) is 6.99. The van der Waals surface area contributed by atoms with Gasteiger partial charge in [0.2, 0.25) is 0 Å². The van der Waals surface area contributed by atoms with Crippen molar-refractivity contribution in [3.8, 4) is 0 Å². The molecule has 0 fully saturated rings. The second-order valence-electron chi connectivity index (χ2n) is 4.29. The van der Waals surface area contributed by atoms with Crippen molar-refractivity contribution in [1.82, 2.24) is 20.2 Å². The number of aromatic nitrogens is 2. The van der Waals surface area contributed by atoms with E-state index < -0.39 is 12.1 Å². The maximum Gasteiger partial charge on any atom is 0.326 e. The molecule has 4 amide bonds. The third kappa shape index (κ3) is 4.27. The Bertz CT molecular complexity index is 603. The minimum absolute atomic E-state index is 0.0973. The van der Waals surface area contributed by atoms with E-state index in [1.165, 1.54) is 0 Å². The van der Waals surface area contributed by atoms with Gasteiger partial charge < -0.3 is 11.1 Å². The van der Waals surface area contributed by atoms with E-state index in [9.17, 15) is 9.59 Å². The van der Waals surface area contributed by atoms with Crippen molar-refractivity contribution < 1.29 is 9.59 Å². The first-order valence-corrected chi connectivity index (χ1v) is 6.29. The number of urea groups is 2. The quantitative estimate of drug-likeness (QED) is 0.883. The number of nitrogens with two attached hydrogens (primary N) is 1. The van der Waals surface area contributed by atoms with Gasteiger partial charge in [-0.15, -0.1) is 0 Å². The fraction of sp³-hybridized carbons (Fsp3) is 0.143. The largest absolute Gasteiger partial charge is 0.351 e. The smallest absolute Gasteiger partial charge is 0.326 e. The van der Waals surface area contributed by atoms with Gasteiger partial charge in [-0.1, -0.05) is 0 Å². The number of amides is 4. The maximum atomic E-state index is 12.0. The summed E-state index contributed by atoms with van der Waals surface area (Å²) in [6.07, 6.45) is 6.43. The van der Waals surface area contributed by atoms with Crippen LogP contribution in [0.2, 0.25) is 0 Å². The van der Waals surface area contributed by atoms with Gasteiger partial charge in [-0.2, -0.15) is 0 Å². The lowest BCUT2D eigenvalue weighted by Gasteiger charge is -2.19. The molecule has 0 atom stereocenters. The Morgan fingerprint density at radius 2 is 1.52 bits per heavy atom. The lowest BCUT2D eigenvalue weighted by atomic mass is 10.2. The fourth-order valence-electron chi connectivity index (χ4n) is 1.69. The summed E-state index contributed by atoms with van der Waals surface area (Å²) >= 11 is 0. The van der Waals surface area contributed by atoms with E-state index in [4.69, 9.17) is 5.73 Å². The van der Waals surface area contributed by atoms with Crippen LogP contribution in [0.1, 0.15) is 11.1 Å². The molecule has 2 aromatic heterocycles. The number of carbonyl (C=O) groups is 2. The van der Waals surface area contributed by atoms with E-state index in [2.05, 4.69) is 15.3 Å². The summed E-state index contributed by atoms with van der Waals surface area (Å²) in [7, 11) is 0. The lowest BCUT2D eigenvalue weighted by Crippen LogP contribution is -2.45. The molecule has 2 aromatic rings. The van der Waals surface area contributed by atoms with Crippen LogP contribution < -0.4 is 11.1 Å². The summed E-state index contributed by atoms with van der Waals surface area (Å²) in [6.45, 7) is 0.390. The van der Waals surface area contributed by atoms with Gasteiger partial charge in [0.25, 0.3) is 0 Å². The van der Waals surface area contributed by atoms with Crippen molar-refractivity contribution in [2.45, 2.75) is 13.1 Å². The number of nitrogens with zero attached hydrogens (tertiary/aromatic N) is 3. The predicted molar refractivity (Wildman–Crippen MR) is 75.8 cm³/mol. The Balaban J connectivity index is 1.98. The van der Waals surface area contributed by atoms with Crippen LogP contribution in [-0.2, 0) is 13.1 Å². The highest BCUT2D eigenvalue weighted by atomic mass is 16.2.